The van der Waals surface area contributed by atoms with Gasteiger partial charge in [-0.2, -0.15) is 4.68 Å². The highest BCUT2D eigenvalue weighted by molar-refractivity contribution is 7.81. The number of anilines is 1. The number of aryl methyl sites for hydroxylation is 1. The van der Waals surface area contributed by atoms with Crippen molar-refractivity contribution >= 4 is 34.2 Å². The molecular formula is C20H16N4OS2. The maximum absolute atomic E-state index is 12.9. The van der Waals surface area contributed by atoms with E-state index in [9.17, 15) is 4.79 Å². The standard InChI is InChI=1S/C20H16N4OS2/c1-13-17(18(26)21-15-10-6-3-7-11-15)19(25)24(23-13)20-22-16(12-27-20)14-8-4-2-5-9-14/h2-12,23H,1H3,(H,21,26). The minimum absolute atomic E-state index is 0.213. The molecule has 0 amide bonds. The predicted octanol–water partition coefficient (Wildman–Crippen LogP) is 4.39. The molecule has 134 valence electrons. The van der Waals surface area contributed by atoms with E-state index in [1.807, 2.05) is 73.0 Å². The molecule has 2 N–H and O–H groups in total. The Morgan fingerprint density at radius 2 is 1.78 bits per heavy atom. The summed E-state index contributed by atoms with van der Waals surface area (Å²) < 4.78 is 1.45. The molecule has 27 heavy (non-hydrogen) atoms. The number of aromatic nitrogens is 3. The van der Waals surface area contributed by atoms with Gasteiger partial charge in [0.1, 0.15) is 4.99 Å². The van der Waals surface area contributed by atoms with Gasteiger partial charge in [0, 0.05) is 22.3 Å². The number of aromatic amines is 1. The van der Waals surface area contributed by atoms with Crippen molar-refractivity contribution in [1.82, 2.24) is 14.8 Å². The van der Waals surface area contributed by atoms with Crippen LogP contribution in [0.3, 0.4) is 0 Å². The molecule has 4 aromatic rings. The third-order valence-corrected chi connectivity index (χ3v) is 5.22. The van der Waals surface area contributed by atoms with Crippen LogP contribution in [0.4, 0.5) is 5.69 Å². The summed E-state index contributed by atoms with van der Waals surface area (Å²) in [5, 5.41) is 8.72. The van der Waals surface area contributed by atoms with E-state index in [1.54, 1.807) is 0 Å². The quantitative estimate of drug-likeness (QED) is 0.506. The summed E-state index contributed by atoms with van der Waals surface area (Å²) in [5.74, 6) is 0. The van der Waals surface area contributed by atoms with Crippen molar-refractivity contribution < 1.29 is 0 Å². The van der Waals surface area contributed by atoms with Crippen LogP contribution in [0.25, 0.3) is 16.4 Å². The number of nitrogens with one attached hydrogen (secondary N) is 2. The number of rotatable bonds is 4. The molecule has 0 aliphatic heterocycles. The minimum atomic E-state index is -0.213. The highest BCUT2D eigenvalue weighted by Gasteiger charge is 2.18. The van der Waals surface area contributed by atoms with Gasteiger partial charge in [0.25, 0.3) is 5.56 Å². The molecule has 2 heterocycles. The van der Waals surface area contributed by atoms with Crippen LogP contribution in [0.2, 0.25) is 0 Å². The second kappa shape index (κ2) is 7.30. The van der Waals surface area contributed by atoms with Gasteiger partial charge in [0.2, 0.25) is 5.13 Å². The Hall–Kier alpha value is -3.03. The highest BCUT2D eigenvalue weighted by atomic mass is 32.1. The third kappa shape index (κ3) is 3.47. The number of thiocarbonyl (C=S) groups is 1. The van der Waals surface area contributed by atoms with Crippen LogP contribution >= 0.6 is 23.6 Å². The summed E-state index contributed by atoms with van der Waals surface area (Å²) in [5.41, 5.74) is 3.62. The number of benzene rings is 2. The summed E-state index contributed by atoms with van der Waals surface area (Å²) in [6.07, 6.45) is 0. The molecule has 0 fully saturated rings. The largest absolute Gasteiger partial charge is 0.346 e. The van der Waals surface area contributed by atoms with Gasteiger partial charge in [-0.25, -0.2) is 4.98 Å². The SMILES string of the molecule is Cc1[nH]n(-c2nc(-c3ccccc3)cs2)c(=O)c1C(=S)Nc1ccccc1. The van der Waals surface area contributed by atoms with Crippen LogP contribution in [-0.2, 0) is 0 Å². The molecular weight excluding hydrogens is 376 g/mol. The van der Waals surface area contributed by atoms with Crippen LogP contribution in [0.15, 0.2) is 70.8 Å². The zero-order chi connectivity index (χ0) is 18.8. The van der Waals surface area contributed by atoms with Gasteiger partial charge in [-0.3, -0.25) is 9.89 Å². The molecule has 2 aromatic carbocycles. The summed E-state index contributed by atoms with van der Waals surface area (Å²) in [6.45, 7) is 1.83. The van der Waals surface area contributed by atoms with Gasteiger partial charge < -0.3 is 5.32 Å². The van der Waals surface area contributed by atoms with Gasteiger partial charge >= 0.3 is 0 Å². The zero-order valence-electron chi connectivity index (χ0n) is 14.5. The van der Waals surface area contributed by atoms with Gasteiger partial charge in [0.15, 0.2) is 0 Å². The lowest BCUT2D eigenvalue weighted by molar-refractivity contribution is 0.827. The maximum Gasteiger partial charge on any atom is 0.283 e. The maximum atomic E-state index is 12.9. The summed E-state index contributed by atoms with van der Waals surface area (Å²) in [4.78, 5) is 17.9. The number of hydrogen-bond acceptors (Lipinski definition) is 4. The lowest BCUT2D eigenvalue weighted by atomic mass is 10.2. The first kappa shape index (κ1) is 17.4. The van der Waals surface area contributed by atoms with Crippen molar-refractivity contribution in [2.75, 3.05) is 5.32 Å². The van der Waals surface area contributed by atoms with Crippen molar-refractivity contribution in [1.29, 1.82) is 0 Å². The monoisotopic (exact) mass is 392 g/mol. The predicted molar refractivity (Wildman–Crippen MR) is 114 cm³/mol. The molecule has 0 aliphatic carbocycles. The Morgan fingerprint density at radius 1 is 1.11 bits per heavy atom. The van der Waals surface area contributed by atoms with Crippen LogP contribution in [0, 0.1) is 6.92 Å². The molecule has 0 saturated heterocycles. The number of H-pyrrole nitrogens is 1. The van der Waals surface area contributed by atoms with Crippen molar-refractivity contribution in [3.05, 3.63) is 87.7 Å². The summed E-state index contributed by atoms with van der Waals surface area (Å²) in [7, 11) is 0. The highest BCUT2D eigenvalue weighted by Crippen LogP contribution is 2.23. The number of thiazole rings is 1. The van der Waals surface area contributed by atoms with E-state index in [2.05, 4.69) is 15.4 Å². The minimum Gasteiger partial charge on any atom is -0.346 e. The van der Waals surface area contributed by atoms with Crippen LogP contribution in [-0.4, -0.2) is 19.8 Å². The average Bonchev–Trinajstić information content (AvgIpc) is 3.28. The molecule has 2 aromatic heterocycles. The molecule has 5 nitrogen and oxygen atoms in total. The Kier molecular flexibility index (Phi) is 4.70. The average molecular weight is 393 g/mol. The van der Waals surface area contributed by atoms with E-state index in [1.165, 1.54) is 16.0 Å². The number of nitrogens with zero attached hydrogens (tertiary/aromatic N) is 2. The normalized spacial score (nSPS) is 10.7. The van der Waals surface area contributed by atoms with E-state index in [0.29, 0.717) is 21.4 Å². The van der Waals surface area contributed by atoms with Crippen LogP contribution in [0.1, 0.15) is 11.3 Å². The first-order valence-electron chi connectivity index (χ1n) is 8.33. The zero-order valence-corrected chi connectivity index (χ0v) is 16.1. The molecule has 0 radical (unpaired) electrons. The second-order valence-electron chi connectivity index (χ2n) is 5.95. The first-order valence-corrected chi connectivity index (χ1v) is 9.61. The topological polar surface area (TPSA) is 62.7 Å². The lowest BCUT2D eigenvalue weighted by Gasteiger charge is -2.05. The van der Waals surface area contributed by atoms with Gasteiger partial charge in [-0.05, 0) is 19.1 Å². The van der Waals surface area contributed by atoms with E-state index < -0.39 is 0 Å². The number of hydrogen-bond donors (Lipinski definition) is 2. The molecule has 0 spiro atoms. The Morgan fingerprint density at radius 3 is 2.48 bits per heavy atom. The van der Waals surface area contributed by atoms with Crippen molar-refractivity contribution in [2.24, 2.45) is 0 Å². The first-order chi connectivity index (χ1) is 13.1. The van der Waals surface area contributed by atoms with Crippen LogP contribution in [0.5, 0.6) is 0 Å². The molecule has 0 unspecified atom stereocenters. The molecule has 0 atom stereocenters. The smallest absolute Gasteiger partial charge is 0.283 e. The van der Waals surface area contributed by atoms with Crippen molar-refractivity contribution in [3.8, 4) is 16.4 Å². The molecule has 0 saturated carbocycles. The van der Waals surface area contributed by atoms with Crippen molar-refractivity contribution in [2.45, 2.75) is 6.92 Å². The van der Waals surface area contributed by atoms with Crippen LogP contribution < -0.4 is 10.9 Å². The summed E-state index contributed by atoms with van der Waals surface area (Å²) in [6, 6.07) is 19.4. The van der Waals surface area contributed by atoms with Crippen molar-refractivity contribution in [3.63, 3.8) is 0 Å². The van der Waals surface area contributed by atoms with E-state index in [4.69, 9.17) is 12.2 Å². The third-order valence-electron chi connectivity index (χ3n) is 4.08. The Balaban J connectivity index is 1.66. The Labute approximate surface area is 165 Å². The number of para-hydroxylation sites is 1. The summed E-state index contributed by atoms with van der Waals surface area (Å²) >= 11 is 6.87. The fourth-order valence-electron chi connectivity index (χ4n) is 2.77. The molecule has 0 bridgehead atoms. The molecule has 0 aliphatic rings. The fourth-order valence-corrected chi connectivity index (χ4v) is 3.92. The van der Waals surface area contributed by atoms with E-state index >= 15 is 0 Å². The lowest BCUT2D eigenvalue weighted by Crippen LogP contribution is -2.23. The Bertz CT molecular complexity index is 1140. The fraction of sp³-hybridized carbons (Fsp3) is 0.0500. The molecule has 7 heteroatoms. The van der Waals surface area contributed by atoms with E-state index in [0.717, 1.165) is 16.9 Å². The van der Waals surface area contributed by atoms with Gasteiger partial charge in [0.05, 0.1) is 11.3 Å². The second-order valence-corrected chi connectivity index (χ2v) is 7.20. The van der Waals surface area contributed by atoms with E-state index in [-0.39, 0.29) is 5.56 Å². The van der Waals surface area contributed by atoms with Gasteiger partial charge in [-0.15, -0.1) is 11.3 Å². The van der Waals surface area contributed by atoms with Gasteiger partial charge in [-0.1, -0.05) is 60.7 Å². The molecule has 4 rings (SSSR count).